The predicted octanol–water partition coefficient (Wildman–Crippen LogP) is 1.55. The number of rotatable bonds is 2. The maximum absolute atomic E-state index is 12.0. The number of hydrogen-bond acceptors (Lipinski definition) is 4. The molecule has 1 saturated heterocycles. The van der Waals surface area contributed by atoms with E-state index in [1.807, 2.05) is 26.0 Å². The van der Waals surface area contributed by atoms with E-state index in [4.69, 9.17) is 4.74 Å². The summed E-state index contributed by atoms with van der Waals surface area (Å²) in [6, 6.07) is 5.22. The zero-order valence-corrected chi connectivity index (χ0v) is 12.5. The lowest BCUT2D eigenvalue weighted by Crippen LogP contribution is -2.53. The summed E-state index contributed by atoms with van der Waals surface area (Å²) in [5.41, 5.74) is 0.878. The van der Waals surface area contributed by atoms with Crippen molar-refractivity contribution in [2.45, 2.75) is 26.0 Å². The number of ether oxygens (including phenoxy) is 1. The lowest BCUT2D eigenvalue weighted by atomic mass is 10.1. The third-order valence-electron chi connectivity index (χ3n) is 2.74. The van der Waals surface area contributed by atoms with Crippen molar-refractivity contribution >= 4 is 36.5 Å². The number of carbonyl (C=O) groups excluding carboxylic acids is 1. The number of pyridine rings is 1. The Morgan fingerprint density at radius 1 is 1.47 bits per heavy atom. The van der Waals surface area contributed by atoms with Crippen molar-refractivity contribution in [2.75, 3.05) is 18.5 Å². The number of aromatic nitrogens is 1. The van der Waals surface area contributed by atoms with Gasteiger partial charge in [-0.15, -0.1) is 24.8 Å². The fourth-order valence-electron chi connectivity index (χ4n) is 1.84. The van der Waals surface area contributed by atoms with Crippen LogP contribution in [0.1, 0.15) is 12.6 Å². The second-order valence-corrected chi connectivity index (χ2v) is 4.16. The lowest BCUT2D eigenvalue weighted by molar-refractivity contribution is -0.123. The largest absolute Gasteiger partial charge is 0.375 e. The molecule has 0 spiro atoms. The van der Waals surface area contributed by atoms with Crippen LogP contribution in [0.15, 0.2) is 18.2 Å². The molecule has 1 amide bonds. The topological polar surface area (TPSA) is 63.2 Å². The van der Waals surface area contributed by atoms with Crippen LogP contribution in [0.4, 0.5) is 5.82 Å². The molecule has 0 bridgehead atoms. The van der Waals surface area contributed by atoms with Crippen LogP contribution >= 0.6 is 24.8 Å². The fourth-order valence-corrected chi connectivity index (χ4v) is 1.84. The van der Waals surface area contributed by atoms with E-state index < -0.39 is 0 Å². The molecule has 0 unspecified atom stereocenters. The van der Waals surface area contributed by atoms with E-state index in [0.717, 1.165) is 5.69 Å². The molecule has 7 heteroatoms. The van der Waals surface area contributed by atoms with Crippen molar-refractivity contribution in [3.05, 3.63) is 23.9 Å². The highest BCUT2D eigenvalue weighted by Crippen LogP contribution is 2.08. The molecule has 1 aliphatic rings. The highest BCUT2D eigenvalue weighted by atomic mass is 35.5. The first kappa shape index (κ1) is 18.1. The van der Waals surface area contributed by atoms with Crippen molar-refractivity contribution in [3.8, 4) is 0 Å². The Balaban J connectivity index is 0.00000162. The smallest absolute Gasteiger partial charge is 0.245 e. The van der Waals surface area contributed by atoms with Crippen LogP contribution in [-0.4, -0.2) is 36.2 Å². The molecule has 2 N–H and O–H groups in total. The molecule has 1 aromatic rings. The average molecular weight is 308 g/mol. The van der Waals surface area contributed by atoms with Gasteiger partial charge in [-0.2, -0.15) is 0 Å². The molecule has 2 rings (SSSR count). The quantitative estimate of drug-likeness (QED) is 0.870. The standard InChI is InChI=1S/C12H17N3O2.2ClH/c1-8-4-3-5-10(14-8)15-12(16)11-9(2)17-7-6-13-11;;/h3-5,9,11,13H,6-7H2,1-2H3,(H,14,15,16);2*1H/t9-,11+;;/m1../s1. The second-order valence-electron chi connectivity index (χ2n) is 4.16. The number of nitrogens with zero attached hydrogens (tertiary/aromatic N) is 1. The summed E-state index contributed by atoms with van der Waals surface area (Å²) >= 11 is 0. The monoisotopic (exact) mass is 307 g/mol. The van der Waals surface area contributed by atoms with Crippen molar-refractivity contribution < 1.29 is 9.53 Å². The number of morpholine rings is 1. The number of halogens is 2. The van der Waals surface area contributed by atoms with Crippen molar-refractivity contribution in [2.24, 2.45) is 0 Å². The minimum Gasteiger partial charge on any atom is -0.375 e. The minimum absolute atomic E-state index is 0. The first-order valence-electron chi connectivity index (χ1n) is 5.76. The van der Waals surface area contributed by atoms with Gasteiger partial charge in [-0.1, -0.05) is 6.07 Å². The molecule has 0 saturated carbocycles. The summed E-state index contributed by atoms with van der Waals surface area (Å²) < 4.78 is 5.43. The Kier molecular flexibility index (Phi) is 7.94. The number of anilines is 1. The Labute approximate surface area is 125 Å². The van der Waals surface area contributed by atoms with Crippen LogP contribution in [-0.2, 0) is 9.53 Å². The van der Waals surface area contributed by atoms with Crippen LogP contribution in [0.5, 0.6) is 0 Å². The molecular weight excluding hydrogens is 289 g/mol. The number of hydrogen-bond donors (Lipinski definition) is 2. The number of amides is 1. The normalized spacial score (nSPS) is 21.8. The minimum atomic E-state index is -0.314. The maximum atomic E-state index is 12.0. The summed E-state index contributed by atoms with van der Waals surface area (Å²) in [5, 5.41) is 5.93. The van der Waals surface area contributed by atoms with Gasteiger partial charge in [0.25, 0.3) is 0 Å². The predicted molar refractivity (Wildman–Crippen MR) is 79.3 cm³/mol. The van der Waals surface area contributed by atoms with Crippen LogP contribution in [0.3, 0.4) is 0 Å². The Morgan fingerprint density at radius 3 is 2.84 bits per heavy atom. The summed E-state index contributed by atoms with van der Waals surface area (Å²) in [5.74, 6) is 0.477. The molecule has 0 aliphatic carbocycles. The first-order chi connectivity index (χ1) is 8.16. The Hall–Kier alpha value is -0.880. The second kappa shape index (κ2) is 8.32. The van der Waals surface area contributed by atoms with Gasteiger partial charge in [0.2, 0.25) is 5.91 Å². The van der Waals surface area contributed by atoms with Crippen LogP contribution in [0, 0.1) is 6.92 Å². The number of carbonyl (C=O) groups is 1. The van der Waals surface area contributed by atoms with E-state index in [2.05, 4.69) is 15.6 Å². The van der Waals surface area contributed by atoms with E-state index in [1.54, 1.807) is 6.07 Å². The van der Waals surface area contributed by atoms with E-state index in [0.29, 0.717) is 19.0 Å². The molecule has 1 aliphatic heterocycles. The summed E-state index contributed by atoms with van der Waals surface area (Å²) in [6.45, 7) is 5.12. The molecule has 2 atom stereocenters. The van der Waals surface area contributed by atoms with Crippen LogP contribution < -0.4 is 10.6 Å². The van der Waals surface area contributed by atoms with E-state index in [1.165, 1.54) is 0 Å². The van der Waals surface area contributed by atoms with Gasteiger partial charge in [0.15, 0.2) is 0 Å². The molecule has 1 fully saturated rings. The highest BCUT2D eigenvalue weighted by Gasteiger charge is 2.28. The summed E-state index contributed by atoms with van der Waals surface area (Å²) in [7, 11) is 0. The van der Waals surface area contributed by atoms with Gasteiger partial charge in [0, 0.05) is 12.2 Å². The molecule has 0 radical (unpaired) electrons. The third kappa shape index (κ3) is 4.95. The number of nitrogens with one attached hydrogen (secondary N) is 2. The fraction of sp³-hybridized carbons (Fsp3) is 0.500. The van der Waals surface area contributed by atoms with Gasteiger partial charge in [-0.05, 0) is 26.0 Å². The molecule has 5 nitrogen and oxygen atoms in total. The van der Waals surface area contributed by atoms with Gasteiger partial charge >= 0.3 is 0 Å². The molecule has 0 aromatic carbocycles. The molecule has 108 valence electrons. The first-order valence-corrected chi connectivity index (χ1v) is 5.76. The van der Waals surface area contributed by atoms with Crippen LogP contribution in [0.25, 0.3) is 0 Å². The maximum Gasteiger partial charge on any atom is 0.245 e. The molecule has 2 heterocycles. The molecule has 19 heavy (non-hydrogen) atoms. The van der Waals surface area contributed by atoms with E-state index in [-0.39, 0.29) is 42.9 Å². The Bertz CT molecular complexity index is 418. The van der Waals surface area contributed by atoms with Crippen LogP contribution in [0.2, 0.25) is 0 Å². The van der Waals surface area contributed by atoms with Crippen molar-refractivity contribution in [1.29, 1.82) is 0 Å². The zero-order chi connectivity index (χ0) is 12.3. The third-order valence-corrected chi connectivity index (χ3v) is 2.74. The summed E-state index contributed by atoms with van der Waals surface area (Å²) in [4.78, 5) is 16.2. The van der Waals surface area contributed by atoms with Crippen molar-refractivity contribution in [3.63, 3.8) is 0 Å². The van der Waals surface area contributed by atoms with E-state index >= 15 is 0 Å². The zero-order valence-electron chi connectivity index (χ0n) is 10.9. The Morgan fingerprint density at radius 2 is 2.21 bits per heavy atom. The van der Waals surface area contributed by atoms with E-state index in [9.17, 15) is 4.79 Å². The van der Waals surface area contributed by atoms with Crippen molar-refractivity contribution in [1.82, 2.24) is 10.3 Å². The average Bonchev–Trinajstić information content (AvgIpc) is 2.29. The molecule has 1 aromatic heterocycles. The van der Waals surface area contributed by atoms with Gasteiger partial charge in [0.1, 0.15) is 11.9 Å². The number of aryl methyl sites for hydroxylation is 1. The van der Waals surface area contributed by atoms with Gasteiger partial charge in [-0.3, -0.25) is 4.79 Å². The van der Waals surface area contributed by atoms with Gasteiger partial charge in [-0.25, -0.2) is 4.98 Å². The SMILES string of the molecule is Cc1cccc(NC(=O)[C@H]2NCCO[C@@H]2C)n1.Cl.Cl. The summed E-state index contributed by atoms with van der Waals surface area (Å²) in [6.07, 6.45) is -0.117. The highest BCUT2D eigenvalue weighted by molar-refractivity contribution is 5.94. The molecular formula is C12H19Cl2N3O2. The van der Waals surface area contributed by atoms with Gasteiger partial charge in [0.05, 0.1) is 12.7 Å². The lowest BCUT2D eigenvalue weighted by Gasteiger charge is -2.29. The van der Waals surface area contributed by atoms with Gasteiger partial charge < -0.3 is 15.4 Å².